The molecule has 4 heteroatoms. The number of aromatic nitrogens is 2. The van der Waals surface area contributed by atoms with E-state index in [0.29, 0.717) is 5.69 Å². The minimum absolute atomic E-state index is 0.710. The molecule has 0 spiro atoms. The monoisotopic (exact) mass is 268 g/mol. The van der Waals surface area contributed by atoms with Crippen LogP contribution in [-0.4, -0.2) is 14.9 Å². The van der Waals surface area contributed by atoms with Gasteiger partial charge in [0.2, 0.25) is 0 Å². The van der Waals surface area contributed by atoms with Crippen molar-refractivity contribution >= 4 is 26.8 Å². The Hall–Kier alpha value is -0.870. The summed E-state index contributed by atoms with van der Waals surface area (Å²) in [4.78, 5) is 0. The third kappa shape index (κ3) is 1.68. The molecule has 1 N–H and O–H groups in total. The van der Waals surface area contributed by atoms with E-state index < -0.39 is 5.60 Å². The fourth-order valence-electron chi connectivity index (χ4n) is 1.74. The minimum Gasteiger partial charge on any atom is -0.384 e. The van der Waals surface area contributed by atoms with Gasteiger partial charge in [0.05, 0.1) is 5.52 Å². The Morgan fingerprint density at radius 1 is 1.40 bits per heavy atom. The lowest BCUT2D eigenvalue weighted by Gasteiger charge is -2.14. The number of halogens is 1. The van der Waals surface area contributed by atoms with E-state index in [-0.39, 0.29) is 0 Å². The van der Waals surface area contributed by atoms with Gasteiger partial charge in [0.25, 0.3) is 0 Å². The minimum atomic E-state index is -0.916. The summed E-state index contributed by atoms with van der Waals surface area (Å²) in [5, 5.41) is 15.3. The summed E-state index contributed by atoms with van der Waals surface area (Å²) < 4.78 is 2.78. The van der Waals surface area contributed by atoms with E-state index in [9.17, 15) is 5.11 Å². The highest BCUT2D eigenvalue weighted by atomic mass is 79.9. The fraction of sp³-hybridized carbons (Fsp3) is 0.364. The molecule has 0 fully saturated rings. The highest BCUT2D eigenvalue weighted by Gasteiger charge is 2.24. The Bertz CT molecular complexity index is 511. The van der Waals surface area contributed by atoms with Crippen LogP contribution in [0, 0.1) is 0 Å². The van der Waals surface area contributed by atoms with Crippen molar-refractivity contribution in [3.8, 4) is 0 Å². The number of fused-ring (bicyclic) bond motifs is 1. The number of benzene rings is 1. The largest absolute Gasteiger partial charge is 0.384 e. The average Bonchev–Trinajstić information content (AvgIpc) is 2.44. The van der Waals surface area contributed by atoms with E-state index in [1.54, 1.807) is 18.5 Å². The van der Waals surface area contributed by atoms with Gasteiger partial charge in [-0.1, -0.05) is 12.1 Å². The summed E-state index contributed by atoms with van der Waals surface area (Å²) >= 11 is 3.49. The lowest BCUT2D eigenvalue weighted by atomic mass is 10.0. The molecule has 0 atom stereocenters. The van der Waals surface area contributed by atoms with E-state index in [2.05, 4.69) is 21.0 Å². The molecule has 0 bridgehead atoms. The molecular weight excluding hydrogens is 256 g/mol. The quantitative estimate of drug-likeness (QED) is 0.864. The van der Waals surface area contributed by atoms with E-state index >= 15 is 0 Å². The predicted molar refractivity (Wildman–Crippen MR) is 63.7 cm³/mol. The van der Waals surface area contributed by atoms with Gasteiger partial charge in [0.15, 0.2) is 0 Å². The highest BCUT2D eigenvalue weighted by molar-refractivity contribution is 9.10. The molecule has 15 heavy (non-hydrogen) atoms. The van der Waals surface area contributed by atoms with Crippen LogP contribution in [0.15, 0.2) is 22.7 Å². The second-order valence-corrected chi connectivity index (χ2v) is 5.02. The van der Waals surface area contributed by atoms with Gasteiger partial charge in [0.1, 0.15) is 11.3 Å². The maximum Gasteiger partial charge on any atom is 0.103 e. The predicted octanol–water partition coefficient (Wildman–Crippen LogP) is 2.56. The highest BCUT2D eigenvalue weighted by Crippen LogP contribution is 2.31. The second-order valence-electron chi connectivity index (χ2n) is 4.17. The Morgan fingerprint density at radius 3 is 2.67 bits per heavy atom. The van der Waals surface area contributed by atoms with Crippen LogP contribution >= 0.6 is 15.9 Å². The van der Waals surface area contributed by atoms with Crippen LogP contribution < -0.4 is 0 Å². The normalized spacial score (nSPS) is 12.3. The lowest BCUT2D eigenvalue weighted by Crippen LogP contribution is -2.16. The first-order chi connectivity index (χ1) is 6.91. The maximum atomic E-state index is 10.0. The Labute approximate surface area is 96.8 Å². The zero-order chi connectivity index (χ0) is 11.2. The zero-order valence-electron chi connectivity index (χ0n) is 8.95. The Morgan fingerprint density at radius 2 is 2.07 bits per heavy atom. The summed E-state index contributed by atoms with van der Waals surface area (Å²) in [6.45, 7) is 3.49. The van der Waals surface area contributed by atoms with Crippen LogP contribution in [-0.2, 0) is 12.6 Å². The summed E-state index contributed by atoms with van der Waals surface area (Å²) in [5.41, 5.74) is 0.802. The van der Waals surface area contributed by atoms with Crippen LogP contribution in [0.1, 0.15) is 19.5 Å². The van der Waals surface area contributed by atoms with Crippen molar-refractivity contribution in [3.05, 3.63) is 28.4 Å². The third-order valence-corrected chi connectivity index (χ3v) is 3.03. The van der Waals surface area contributed by atoms with Gasteiger partial charge in [-0.3, -0.25) is 4.68 Å². The number of aliphatic hydroxyl groups is 1. The third-order valence-electron chi connectivity index (χ3n) is 2.40. The standard InChI is InChI=1S/C11H13BrN2O/c1-11(2,15)10-7-5-4-6-8(12)9(7)14(3)13-10/h4-6,15H,1-3H3. The molecule has 2 rings (SSSR count). The van der Waals surface area contributed by atoms with Crippen molar-refractivity contribution in [2.24, 2.45) is 7.05 Å². The van der Waals surface area contributed by atoms with Crippen LogP contribution in [0.2, 0.25) is 0 Å². The van der Waals surface area contributed by atoms with Crippen LogP contribution in [0.25, 0.3) is 10.9 Å². The summed E-state index contributed by atoms with van der Waals surface area (Å²) in [6.07, 6.45) is 0. The summed E-state index contributed by atoms with van der Waals surface area (Å²) in [6, 6.07) is 5.89. The SMILES string of the molecule is Cn1nc(C(C)(C)O)c2cccc(Br)c21. The van der Waals surface area contributed by atoms with Crippen molar-refractivity contribution < 1.29 is 5.11 Å². The van der Waals surface area contributed by atoms with Crippen molar-refractivity contribution in [1.29, 1.82) is 0 Å². The van der Waals surface area contributed by atoms with Gasteiger partial charge in [0, 0.05) is 16.9 Å². The number of rotatable bonds is 1. The molecule has 0 radical (unpaired) electrons. The van der Waals surface area contributed by atoms with Gasteiger partial charge in [-0.05, 0) is 35.8 Å². The van der Waals surface area contributed by atoms with Crippen molar-refractivity contribution in [2.75, 3.05) is 0 Å². The van der Waals surface area contributed by atoms with Crippen LogP contribution in [0.5, 0.6) is 0 Å². The van der Waals surface area contributed by atoms with E-state index in [0.717, 1.165) is 15.4 Å². The lowest BCUT2D eigenvalue weighted by molar-refractivity contribution is 0.0747. The molecule has 80 valence electrons. The van der Waals surface area contributed by atoms with E-state index in [1.807, 2.05) is 25.2 Å². The number of nitrogens with zero attached hydrogens (tertiary/aromatic N) is 2. The van der Waals surface area contributed by atoms with Gasteiger partial charge in [-0.25, -0.2) is 0 Å². The zero-order valence-corrected chi connectivity index (χ0v) is 10.5. The first-order valence-corrected chi connectivity index (χ1v) is 5.54. The van der Waals surface area contributed by atoms with Crippen molar-refractivity contribution in [2.45, 2.75) is 19.4 Å². The number of hydrogen-bond acceptors (Lipinski definition) is 2. The summed E-state index contributed by atoms with van der Waals surface area (Å²) in [5.74, 6) is 0. The van der Waals surface area contributed by atoms with Crippen molar-refractivity contribution in [1.82, 2.24) is 9.78 Å². The molecular formula is C11H13BrN2O. The Kier molecular flexibility index (Phi) is 2.35. The van der Waals surface area contributed by atoms with Crippen LogP contribution in [0.4, 0.5) is 0 Å². The molecule has 1 heterocycles. The number of para-hydroxylation sites is 1. The topological polar surface area (TPSA) is 38.0 Å². The number of hydrogen-bond donors (Lipinski definition) is 1. The Balaban J connectivity index is 2.85. The second kappa shape index (κ2) is 3.32. The molecule has 0 aliphatic heterocycles. The molecule has 1 aromatic heterocycles. The van der Waals surface area contributed by atoms with Gasteiger partial charge in [-0.2, -0.15) is 5.10 Å². The first kappa shape index (κ1) is 10.6. The smallest absolute Gasteiger partial charge is 0.103 e. The molecule has 2 aromatic rings. The molecule has 0 saturated carbocycles. The van der Waals surface area contributed by atoms with Gasteiger partial charge >= 0.3 is 0 Å². The molecule has 0 saturated heterocycles. The van der Waals surface area contributed by atoms with Crippen LogP contribution in [0.3, 0.4) is 0 Å². The van der Waals surface area contributed by atoms with Crippen molar-refractivity contribution in [3.63, 3.8) is 0 Å². The maximum absolute atomic E-state index is 10.0. The molecule has 0 aliphatic rings. The summed E-state index contributed by atoms with van der Waals surface area (Å²) in [7, 11) is 1.88. The molecule has 1 aromatic carbocycles. The van der Waals surface area contributed by atoms with E-state index in [4.69, 9.17) is 0 Å². The number of aryl methyl sites for hydroxylation is 1. The average molecular weight is 269 g/mol. The first-order valence-electron chi connectivity index (χ1n) is 4.75. The van der Waals surface area contributed by atoms with Gasteiger partial charge < -0.3 is 5.11 Å². The molecule has 0 unspecified atom stereocenters. The molecule has 3 nitrogen and oxygen atoms in total. The molecule has 0 amide bonds. The molecule has 0 aliphatic carbocycles. The fourth-order valence-corrected chi connectivity index (χ4v) is 2.36. The van der Waals surface area contributed by atoms with E-state index in [1.165, 1.54) is 0 Å². The van der Waals surface area contributed by atoms with Gasteiger partial charge in [-0.15, -0.1) is 0 Å².